The van der Waals surface area contributed by atoms with Crippen LogP contribution in [-0.4, -0.2) is 17.6 Å². The van der Waals surface area contributed by atoms with E-state index < -0.39 is 0 Å². The van der Waals surface area contributed by atoms with Gasteiger partial charge in [0.15, 0.2) is 5.11 Å². The monoisotopic (exact) mass is 390 g/mol. The Morgan fingerprint density at radius 1 is 1.23 bits per heavy atom. The number of nitrogens with one attached hydrogen (secondary N) is 2. The van der Waals surface area contributed by atoms with Crippen LogP contribution in [-0.2, 0) is 0 Å². The van der Waals surface area contributed by atoms with E-state index in [9.17, 15) is 4.79 Å². The molecular weight excluding hydrogens is 368 g/mol. The number of rotatable bonds is 6. The van der Waals surface area contributed by atoms with E-state index in [1.165, 1.54) is 0 Å². The van der Waals surface area contributed by atoms with E-state index in [4.69, 9.17) is 28.6 Å². The summed E-state index contributed by atoms with van der Waals surface area (Å²) in [4.78, 5) is 12.4. The number of halogens is 1. The average molecular weight is 391 g/mol. The maximum absolute atomic E-state index is 12.4. The number of carbonyl (C=O) groups is 1. The molecular formula is C20H23ClN2O2S. The van der Waals surface area contributed by atoms with E-state index in [0.717, 1.165) is 17.7 Å². The summed E-state index contributed by atoms with van der Waals surface area (Å²) in [6, 6.07) is 12.8. The Bertz CT molecular complexity index is 795. The highest BCUT2D eigenvalue weighted by Crippen LogP contribution is 2.27. The summed E-state index contributed by atoms with van der Waals surface area (Å²) in [7, 11) is 0. The molecule has 0 aliphatic carbocycles. The Labute approximate surface area is 164 Å². The zero-order valence-electron chi connectivity index (χ0n) is 15.1. The minimum atomic E-state index is -0.325. The zero-order valence-corrected chi connectivity index (χ0v) is 16.7. The van der Waals surface area contributed by atoms with Crippen LogP contribution in [0.1, 0.15) is 49.0 Å². The van der Waals surface area contributed by atoms with Crippen molar-refractivity contribution in [3.05, 3.63) is 58.6 Å². The molecule has 138 valence electrons. The molecule has 0 unspecified atom stereocenters. The van der Waals surface area contributed by atoms with Crippen LogP contribution in [0.3, 0.4) is 0 Å². The molecule has 0 heterocycles. The summed E-state index contributed by atoms with van der Waals surface area (Å²) >= 11 is 11.4. The normalized spacial score (nSPS) is 11.5. The van der Waals surface area contributed by atoms with Gasteiger partial charge < -0.3 is 10.1 Å². The van der Waals surface area contributed by atoms with Crippen molar-refractivity contribution in [1.82, 2.24) is 5.32 Å². The van der Waals surface area contributed by atoms with Gasteiger partial charge in [0.25, 0.3) is 5.91 Å². The van der Waals surface area contributed by atoms with Crippen LogP contribution in [0.25, 0.3) is 0 Å². The minimum absolute atomic E-state index is 0.246. The fourth-order valence-corrected chi connectivity index (χ4v) is 2.94. The van der Waals surface area contributed by atoms with Crippen molar-refractivity contribution in [2.75, 3.05) is 11.9 Å². The van der Waals surface area contributed by atoms with Crippen molar-refractivity contribution >= 4 is 40.5 Å². The molecule has 0 saturated carbocycles. The first-order valence-electron chi connectivity index (χ1n) is 8.59. The average Bonchev–Trinajstić information content (AvgIpc) is 2.63. The lowest BCUT2D eigenvalue weighted by Crippen LogP contribution is -2.34. The first-order chi connectivity index (χ1) is 12.5. The lowest BCUT2D eigenvalue weighted by atomic mass is 9.97. The summed E-state index contributed by atoms with van der Waals surface area (Å²) in [6.07, 6.45) is 1.02. The minimum Gasteiger partial charge on any atom is -0.492 e. The molecule has 1 amide bonds. The Kier molecular flexibility index (Phi) is 7.42. The largest absolute Gasteiger partial charge is 0.492 e. The molecule has 2 N–H and O–H groups in total. The number of amides is 1. The predicted octanol–water partition coefficient (Wildman–Crippen LogP) is 5.38. The lowest BCUT2D eigenvalue weighted by molar-refractivity contribution is 0.0977. The van der Waals surface area contributed by atoms with Crippen LogP contribution in [0.15, 0.2) is 42.5 Å². The zero-order chi connectivity index (χ0) is 19.1. The summed E-state index contributed by atoms with van der Waals surface area (Å²) in [5.74, 6) is 0.615. The third kappa shape index (κ3) is 5.19. The maximum Gasteiger partial charge on any atom is 0.257 e. The van der Waals surface area contributed by atoms with Gasteiger partial charge in [-0.1, -0.05) is 43.6 Å². The molecule has 6 heteroatoms. The lowest BCUT2D eigenvalue weighted by Gasteiger charge is -2.17. The van der Waals surface area contributed by atoms with E-state index in [-0.39, 0.29) is 11.0 Å². The van der Waals surface area contributed by atoms with Crippen LogP contribution in [0.5, 0.6) is 5.75 Å². The fraction of sp³-hybridized carbons (Fsp3) is 0.300. The topological polar surface area (TPSA) is 50.4 Å². The van der Waals surface area contributed by atoms with Crippen molar-refractivity contribution in [2.45, 2.75) is 33.1 Å². The molecule has 26 heavy (non-hydrogen) atoms. The van der Waals surface area contributed by atoms with Crippen molar-refractivity contribution < 1.29 is 9.53 Å². The number of para-hydroxylation sites is 1. The third-order valence-corrected chi connectivity index (χ3v) is 4.57. The molecule has 4 nitrogen and oxygen atoms in total. The van der Waals surface area contributed by atoms with E-state index >= 15 is 0 Å². The summed E-state index contributed by atoms with van der Waals surface area (Å²) < 4.78 is 5.38. The van der Waals surface area contributed by atoms with Crippen LogP contribution < -0.4 is 15.4 Å². The second-order valence-electron chi connectivity index (χ2n) is 5.88. The number of hydrogen-bond donors (Lipinski definition) is 2. The molecule has 2 rings (SSSR count). The van der Waals surface area contributed by atoms with Crippen molar-refractivity contribution in [3.63, 3.8) is 0 Å². The molecule has 0 aromatic heterocycles. The van der Waals surface area contributed by atoms with Gasteiger partial charge in [-0.05, 0) is 61.3 Å². The smallest absolute Gasteiger partial charge is 0.257 e. The molecule has 2 aromatic carbocycles. The number of benzene rings is 2. The van der Waals surface area contributed by atoms with Gasteiger partial charge in [0.05, 0.1) is 11.6 Å². The number of hydrogen-bond acceptors (Lipinski definition) is 3. The number of thiocarbonyl (C=S) groups is 1. The number of ether oxygens (including phenoxy) is 1. The summed E-state index contributed by atoms with van der Waals surface area (Å²) in [5, 5.41) is 6.44. The number of anilines is 1. The first kappa shape index (κ1) is 20.2. The second kappa shape index (κ2) is 9.55. The SMILES string of the molecule is CCOc1ccc(C(=O)NC(=S)Nc2ccccc2[C@H](C)CC)cc1Cl. The summed E-state index contributed by atoms with van der Waals surface area (Å²) in [6.45, 7) is 6.68. The van der Waals surface area contributed by atoms with Gasteiger partial charge >= 0.3 is 0 Å². The van der Waals surface area contributed by atoms with Crippen LogP contribution in [0, 0.1) is 0 Å². The van der Waals surface area contributed by atoms with Crippen LogP contribution in [0.2, 0.25) is 5.02 Å². The highest BCUT2D eigenvalue weighted by atomic mass is 35.5. The molecule has 0 radical (unpaired) electrons. The quantitative estimate of drug-likeness (QED) is 0.650. The third-order valence-electron chi connectivity index (χ3n) is 4.07. The predicted molar refractivity (Wildman–Crippen MR) is 111 cm³/mol. The Morgan fingerprint density at radius 3 is 2.62 bits per heavy atom. The van der Waals surface area contributed by atoms with Crippen molar-refractivity contribution in [1.29, 1.82) is 0 Å². The molecule has 0 fully saturated rings. The van der Waals surface area contributed by atoms with Crippen LogP contribution >= 0.6 is 23.8 Å². The molecule has 1 atom stereocenters. The summed E-state index contributed by atoms with van der Waals surface area (Å²) in [5.41, 5.74) is 2.48. The van der Waals surface area contributed by atoms with Gasteiger partial charge in [-0.2, -0.15) is 0 Å². The fourth-order valence-electron chi connectivity index (χ4n) is 2.50. The maximum atomic E-state index is 12.4. The van der Waals surface area contributed by atoms with E-state index in [0.29, 0.717) is 28.9 Å². The van der Waals surface area contributed by atoms with Gasteiger partial charge in [0.2, 0.25) is 0 Å². The molecule has 0 saturated heterocycles. The molecule has 0 spiro atoms. The van der Waals surface area contributed by atoms with Gasteiger partial charge in [0.1, 0.15) is 5.75 Å². The second-order valence-corrected chi connectivity index (χ2v) is 6.70. The van der Waals surface area contributed by atoms with Gasteiger partial charge in [-0.25, -0.2) is 0 Å². The van der Waals surface area contributed by atoms with E-state index in [1.807, 2.05) is 25.1 Å². The van der Waals surface area contributed by atoms with E-state index in [1.54, 1.807) is 18.2 Å². The standard InChI is InChI=1S/C20H23ClN2O2S/c1-4-13(3)15-8-6-7-9-17(15)22-20(26)23-19(24)14-10-11-18(25-5-2)16(21)12-14/h6-13H,4-5H2,1-3H3,(H2,22,23,24,26)/t13-/m1/s1. The van der Waals surface area contributed by atoms with Crippen molar-refractivity contribution in [2.24, 2.45) is 0 Å². The first-order valence-corrected chi connectivity index (χ1v) is 9.38. The highest BCUT2D eigenvalue weighted by Gasteiger charge is 2.13. The Balaban J connectivity index is 2.06. The molecule has 2 aromatic rings. The highest BCUT2D eigenvalue weighted by molar-refractivity contribution is 7.80. The Hall–Kier alpha value is -2.11. The Morgan fingerprint density at radius 2 is 1.96 bits per heavy atom. The van der Waals surface area contributed by atoms with Gasteiger partial charge in [-0.15, -0.1) is 0 Å². The van der Waals surface area contributed by atoms with Gasteiger partial charge in [0, 0.05) is 11.3 Å². The molecule has 0 bridgehead atoms. The van der Waals surface area contributed by atoms with Crippen molar-refractivity contribution in [3.8, 4) is 5.75 Å². The number of carbonyl (C=O) groups excluding carboxylic acids is 1. The van der Waals surface area contributed by atoms with Crippen LogP contribution in [0.4, 0.5) is 5.69 Å². The molecule has 0 aliphatic heterocycles. The van der Waals surface area contributed by atoms with Gasteiger partial charge in [-0.3, -0.25) is 10.1 Å². The van der Waals surface area contributed by atoms with E-state index in [2.05, 4.69) is 30.5 Å². The molecule has 0 aliphatic rings.